The quantitative estimate of drug-likeness (QED) is 0.1000. The summed E-state index contributed by atoms with van der Waals surface area (Å²) in [7, 11) is 0. The smallest absolute Gasteiger partial charge is 0.250 e. The molecule has 4 atom stereocenters. The summed E-state index contributed by atoms with van der Waals surface area (Å²) in [5, 5.41) is 5.81. The number of likely N-dealkylation sites (tertiary alicyclic amines) is 2. The van der Waals surface area contributed by atoms with Crippen LogP contribution in [0, 0.1) is 0 Å². The topological polar surface area (TPSA) is 175 Å². The first-order valence-corrected chi connectivity index (χ1v) is 23.7. The molecule has 6 aromatic rings. The Labute approximate surface area is 388 Å². The molecule has 3 fully saturated rings. The van der Waals surface area contributed by atoms with Crippen LogP contribution in [0.3, 0.4) is 0 Å². The number of hydrogen-bond acceptors (Lipinski definition) is 8. The van der Waals surface area contributed by atoms with Crippen LogP contribution in [0.2, 0.25) is 0 Å². The number of nitrogens with one attached hydrogen (secondary N) is 4. The van der Waals surface area contributed by atoms with Gasteiger partial charge in [-0.3, -0.25) is 19.2 Å². The van der Waals surface area contributed by atoms with Crippen molar-refractivity contribution >= 4 is 23.6 Å². The van der Waals surface area contributed by atoms with Gasteiger partial charge in [-0.1, -0.05) is 67.4 Å². The van der Waals surface area contributed by atoms with Crippen LogP contribution in [0.25, 0.3) is 33.6 Å². The van der Waals surface area contributed by atoms with Crippen molar-refractivity contribution in [2.75, 3.05) is 13.1 Å². The van der Waals surface area contributed by atoms with Gasteiger partial charge in [0.25, 0.3) is 0 Å². The Bertz CT molecular complexity index is 2830. The molecule has 14 heteroatoms. The summed E-state index contributed by atoms with van der Waals surface area (Å²) >= 11 is 0. The van der Waals surface area contributed by atoms with Crippen LogP contribution in [-0.2, 0) is 32.4 Å². The van der Waals surface area contributed by atoms with Gasteiger partial charge in [0.2, 0.25) is 23.6 Å². The lowest BCUT2D eigenvalue weighted by molar-refractivity contribution is -0.137. The number of ether oxygens (including phenoxy) is 2. The van der Waals surface area contributed by atoms with Crippen molar-refractivity contribution < 1.29 is 28.7 Å². The van der Waals surface area contributed by atoms with Gasteiger partial charge in [0, 0.05) is 60.3 Å². The maximum Gasteiger partial charge on any atom is 0.250 e. The zero-order chi connectivity index (χ0) is 45.8. The summed E-state index contributed by atoms with van der Waals surface area (Å²) in [6.45, 7) is 4.72. The van der Waals surface area contributed by atoms with Gasteiger partial charge in [0.1, 0.15) is 48.4 Å². The molecular weight excluding hydrogens is 845 g/mol. The third kappa shape index (κ3) is 8.01. The lowest BCUT2D eigenvalue weighted by Gasteiger charge is -2.30. The van der Waals surface area contributed by atoms with E-state index in [1.807, 2.05) is 70.6 Å². The summed E-state index contributed by atoms with van der Waals surface area (Å²) < 4.78 is 13.0. The van der Waals surface area contributed by atoms with Gasteiger partial charge in [0.05, 0.1) is 35.9 Å². The first-order chi connectivity index (χ1) is 32.7. The van der Waals surface area contributed by atoms with Crippen LogP contribution < -0.4 is 20.1 Å². The molecule has 4 aromatic carbocycles. The van der Waals surface area contributed by atoms with E-state index < -0.39 is 12.1 Å². The second-order valence-corrected chi connectivity index (χ2v) is 18.7. The zero-order valence-corrected chi connectivity index (χ0v) is 37.8. The fourth-order valence-electron chi connectivity index (χ4n) is 11.1. The highest BCUT2D eigenvalue weighted by molar-refractivity contribution is 5.90. The molecule has 2 aromatic heterocycles. The Balaban J connectivity index is 0.814. The molecule has 6 heterocycles. The normalized spacial score (nSPS) is 19.3. The Hall–Kier alpha value is -7.22. The van der Waals surface area contributed by atoms with Gasteiger partial charge in [0.15, 0.2) is 0 Å². The maximum atomic E-state index is 14.3. The molecule has 4 amide bonds. The molecule has 11 rings (SSSR count). The second kappa shape index (κ2) is 17.5. The molecule has 0 unspecified atom stereocenters. The number of H-pyrrole nitrogens is 2. The predicted molar refractivity (Wildman–Crippen MR) is 250 cm³/mol. The fourth-order valence-corrected chi connectivity index (χ4v) is 11.1. The minimum atomic E-state index is -0.785. The first-order valence-electron chi connectivity index (χ1n) is 23.7. The van der Waals surface area contributed by atoms with Crippen molar-refractivity contribution in [1.29, 1.82) is 0 Å². The maximum absolute atomic E-state index is 14.3. The Kier molecular flexibility index (Phi) is 11.1. The zero-order valence-electron chi connectivity index (χ0n) is 37.8. The van der Waals surface area contributed by atoms with Gasteiger partial charge < -0.3 is 39.9 Å². The van der Waals surface area contributed by atoms with Crippen LogP contribution in [0.1, 0.15) is 135 Å². The molecule has 2 saturated heterocycles. The summed E-state index contributed by atoms with van der Waals surface area (Å²) in [6.07, 6.45) is 11.7. The number of aromatic nitrogens is 4. The highest BCUT2D eigenvalue weighted by Crippen LogP contribution is 2.51. The van der Waals surface area contributed by atoms with Crippen LogP contribution in [0.4, 0.5) is 0 Å². The predicted octanol–water partition coefficient (Wildman–Crippen LogP) is 8.66. The number of hydrogen-bond donors (Lipinski definition) is 4. The van der Waals surface area contributed by atoms with E-state index in [0.29, 0.717) is 43.9 Å². The molecule has 1 saturated carbocycles. The molecular formula is C53H54N8O6. The van der Waals surface area contributed by atoms with Crippen molar-refractivity contribution in [3.63, 3.8) is 0 Å². The first kappa shape index (κ1) is 42.4. The molecule has 67 heavy (non-hydrogen) atoms. The number of nitrogens with zero attached hydrogens (tertiary/aromatic N) is 4. The minimum Gasteiger partial charge on any atom is -0.488 e. The van der Waals surface area contributed by atoms with Crippen LogP contribution >= 0.6 is 0 Å². The number of benzene rings is 4. The highest BCUT2D eigenvalue weighted by atomic mass is 16.5. The standard InChI is InChI=1S/C53H54N8O6/c1-30(62)56-48(34-12-4-3-5-13-34)52(64)60-20-8-14-42(60)50-54-26-40(58-50)36-22-38-28-67-45-25-37(23-39-29-66-44(24-36)46(38)47(39)45)41-27-55-51(59-41)43-15-9-21-61(43)53(65)49(57-31(2)63)35-18-16-33(17-19-35)32-10-6-7-11-32/h3-5,12-13,16-19,22-27,32,42-43,48-49H,6-11,14-15,20-21,28-29H2,1-2H3,(H,54,58)(H,55,59)(H,56,62)(H,57,63)/t42-,43-,48+,49+/m0/s1. The number of amides is 4. The Morgan fingerprint density at radius 3 is 1.57 bits per heavy atom. The third-order valence-electron chi connectivity index (χ3n) is 14.3. The van der Waals surface area contributed by atoms with Crippen molar-refractivity contribution in [2.24, 2.45) is 0 Å². The number of rotatable bonds is 11. The third-order valence-corrected chi connectivity index (χ3v) is 14.3. The Morgan fingerprint density at radius 2 is 1.09 bits per heavy atom. The number of carbonyl (C=O) groups excluding carboxylic acids is 4. The second-order valence-electron chi connectivity index (χ2n) is 18.7. The van der Waals surface area contributed by atoms with Crippen LogP contribution in [-0.4, -0.2) is 66.5 Å². The molecule has 4 N–H and O–H groups in total. The molecule has 14 nitrogen and oxygen atoms in total. The van der Waals surface area contributed by atoms with Crippen molar-refractivity contribution in [3.8, 4) is 45.1 Å². The summed E-state index contributed by atoms with van der Waals surface area (Å²) in [6, 6.07) is 23.8. The number of carbonyl (C=O) groups is 4. The highest BCUT2D eigenvalue weighted by Gasteiger charge is 2.39. The van der Waals surface area contributed by atoms with Gasteiger partial charge in [-0.25, -0.2) is 9.97 Å². The van der Waals surface area contributed by atoms with E-state index in [-0.39, 0.29) is 35.7 Å². The molecule has 1 aliphatic carbocycles. The average molecular weight is 899 g/mol. The summed E-state index contributed by atoms with van der Waals surface area (Å²) in [5.74, 6) is 2.69. The molecule has 342 valence electrons. The van der Waals surface area contributed by atoms with Crippen molar-refractivity contribution in [2.45, 2.75) is 109 Å². The van der Waals surface area contributed by atoms with Crippen molar-refractivity contribution in [1.82, 2.24) is 40.4 Å². The molecule has 0 spiro atoms. The van der Waals surface area contributed by atoms with Gasteiger partial charge >= 0.3 is 0 Å². The SMILES string of the molecule is CC(=O)N[C@@H](C(=O)N1CCC[C@H]1c1ncc(-c2cc3c4c(c2)OCc2cc(-c5cnc([C@@H]6CCCN6C(=O)[C@H](NC(C)=O)c6ccc(C7CCCC7)cc6)[nH]5)cc(c2-4)OC3)[nH]1)c1ccccc1. The van der Waals surface area contributed by atoms with Crippen molar-refractivity contribution in [3.05, 3.63) is 131 Å². The van der Waals surface area contributed by atoms with E-state index in [4.69, 9.17) is 19.4 Å². The molecule has 5 aliphatic rings. The molecule has 4 aliphatic heterocycles. The Morgan fingerprint density at radius 1 is 0.612 bits per heavy atom. The largest absolute Gasteiger partial charge is 0.488 e. The summed E-state index contributed by atoms with van der Waals surface area (Å²) in [4.78, 5) is 73.3. The summed E-state index contributed by atoms with van der Waals surface area (Å²) in [5.41, 5.74) is 10.3. The van der Waals surface area contributed by atoms with E-state index in [1.54, 1.807) is 6.20 Å². The lowest BCUT2D eigenvalue weighted by Crippen LogP contribution is -2.42. The van der Waals surface area contributed by atoms with E-state index in [1.165, 1.54) is 45.1 Å². The van der Waals surface area contributed by atoms with Crippen LogP contribution in [0.5, 0.6) is 11.5 Å². The van der Waals surface area contributed by atoms with E-state index in [9.17, 15) is 19.2 Å². The number of imidazole rings is 2. The van der Waals surface area contributed by atoms with Gasteiger partial charge in [-0.05, 0) is 85.4 Å². The van der Waals surface area contributed by atoms with E-state index >= 15 is 0 Å². The van der Waals surface area contributed by atoms with Crippen LogP contribution in [0.15, 0.2) is 91.3 Å². The minimum absolute atomic E-state index is 0.136. The van der Waals surface area contributed by atoms with E-state index in [0.717, 1.165) is 93.1 Å². The van der Waals surface area contributed by atoms with E-state index in [2.05, 4.69) is 44.9 Å². The van der Waals surface area contributed by atoms with Gasteiger partial charge in [-0.2, -0.15) is 0 Å². The fraction of sp³-hybridized carbons (Fsp3) is 0.358. The molecule has 0 bridgehead atoms. The monoisotopic (exact) mass is 898 g/mol. The lowest BCUT2D eigenvalue weighted by atomic mass is 9.87. The average Bonchev–Trinajstić information content (AvgIpc) is 4.21. The number of aromatic amines is 2. The molecule has 0 radical (unpaired) electrons. The van der Waals surface area contributed by atoms with Gasteiger partial charge in [-0.15, -0.1) is 0 Å².